The molecule has 0 amide bonds. The highest BCUT2D eigenvalue weighted by Crippen LogP contribution is 2.24. The molecule has 0 fully saturated rings. The van der Waals surface area contributed by atoms with E-state index in [1.807, 2.05) is 19.0 Å². The van der Waals surface area contributed by atoms with Crippen LogP contribution in [0.3, 0.4) is 0 Å². The number of pyridine rings is 1. The lowest BCUT2D eigenvalue weighted by Gasteiger charge is -2.17. The molecule has 0 radical (unpaired) electrons. The van der Waals surface area contributed by atoms with Gasteiger partial charge in [-0.2, -0.15) is 0 Å². The van der Waals surface area contributed by atoms with E-state index in [1.54, 1.807) is 6.92 Å². The van der Waals surface area contributed by atoms with E-state index in [1.165, 1.54) is 6.20 Å². The van der Waals surface area contributed by atoms with E-state index in [0.717, 1.165) is 0 Å². The van der Waals surface area contributed by atoms with Crippen LogP contribution >= 0.6 is 0 Å². The Labute approximate surface area is 140 Å². The molecule has 8 heteroatoms. The van der Waals surface area contributed by atoms with Crippen LogP contribution in [0.15, 0.2) is 6.20 Å². The standard InChI is InChI=1S/C16H24N2O6/c1-10-15(22)13(8-19)12(7-17-10)9-24-16(23)11(6-14(20)21)4-5-18(2)3/h7,11,19,22H,4-6,8-9H2,1-3H3,(H,20,21). The van der Waals surface area contributed by atoms with Gasteiger partial charge in [-0.3, -0.25) is 14.6 Å². The summed E-state index contributed by atoms with van der Waals surface area (Å²) >= 11 is 0. The molecule has 1 aromatic rings. The first-order valence-corrected chi connectivity index (χ1v) is 7.56. The molecule has 8 nitrogen and oxygen atoms in total. The van der Waals surface area contributed by atoms with Gasteiger partial charge in [0.15, 0.2) is 0 Å². The molecule has 0 spiro atoms. The maximum Gasteiger partial charge on any atom is 0.309 e. The van der Waals surface area contributed by atoms with E-state index in [-0.39, 0.29) is 24.3 Å². The molecule has 1 rings (SSSR count). The number of carbonyl (C=O) groups excluding carboxylic acids is 1. The van der Waals surface area contributed by atoms with E-state index in [0.29, 0.717) is 24.2 Å². The van der Waals surface area contributed by atoms with Gasteiger partial charge in [-0.05, 0) is 34.0 Å². The van der Waals surface area contributed by atoms with Crippen LogP contribution in [-0.4, -0.2) is 57.8 Å². The van der Waals surface area contributed by atoms with E-state index in [4.69, 9.17) is 9.84 Å². The zero-order chi connectivity index (χ0) is 18.3. The minimum atomic E-state index is -1.07. The van der Waals surface area contributed by atoms with Gasteiger partial charge in [-0.25, -0.2) is 0 Å². The molecule has 0 aliphatic heterocycles. The van der Waals surface area contributed by atoms with Crippen LogP contribution in [0.5, 0.6) is 5.75 Å². The fourth-order valence-electron chi connectivity index (χ4n) is 2.18. The molecule has 1 unspecified atom stereocenters. The van der Waals surface area contributed by atoms with Gasteiger partial charge in [0.1, 0.15) is 12.4 Å². The number of rotatable bonds is 9. The average Bonchev–Trinajstić information content (AvgIpc) is 2.51. The first-order chi connectivity index (χ1) is 11.3. The van der Waals surface area contributed by atoms with Gasteiger partial charge >= 0.3 is 11.9 Å². The molecule has 134 valence electrons. The second-order valence-electron chi connectivity index (χ2n) is 5.85. The predicted octanol–water partition coefficient (Wildman–Crippen LogP) is 0.674. The number of aliphatic carboxylic acids is 1. The Morgan fingerprint density at radius 1 is 1.38 bits per heavy atom. The van der Waals surface area contributed by atoms with Gasteiger partial charge in [0, 0.05) is 17.3 Å². The number of carboxylic acid groups (broad SMARTS) is 1. The lowest BCUT2D eigenvalue weighted by Crippen LogP contribution is -2.25. The summed E-state index contributed by atoms with van der Waals surface area (Å²) in [6.45, 7) is 1.55. The normalized spacial score (nSPS) is 12.2. The predicted molar refractivity (Wildman–Crippen MR) is 85.3 cm³/mol. The van der Waals surface area contributed by atoms with Gasteiger partial charge < -0.3 is 25.0 Å². The van der Waals surface area contributed by atoms with E-state index < -0.39 is 24.5 Å². The number of hydrogen-bond donors (Lipinski definition) is 3. The van der Waals surface area contributed by atoms with Crippen molar-refractivity contribution in [1.82, 2.24) is 9.88 Å². The molecule has 0 bridgehead atoms. The highest BCUT2D eigenvalue weighted by molar-refractivity contribution is 5.79. The summed E-state index contributed by atoms with van der Waals surface area (Å²) in [6, 6.07) is 0. The fraction of sp³-hybridized carbons (Fsp3) is 0.562. The highest BCUT2D eigenvalue weighted by Gasteiger charge is 2.24. The lowest BCUT2D eigenvalue weighted by molar-refractivity contribution is -0.154. The van der Waals surface area contributed by atoms with Crippen molar-refractivity contribution in [2.75, 3.05) is 20.6 Å². The van der Waals surface area contributed by atoms with Crippen molar-refractivity contribution in [3.63, 3.8) is 0 Å². The van der Waals surface area contributed by atoms with Crippen LogP contribution in [-0.2, 0) is 27.5 Å². The molecule has 24 heavy (non-hydrogen) atoms. The summed E-state index contributed by atoms with van der Waals surface area (Å²) in [4.78, 5) is 28.9. The lowest BCUT2D eigenvalue weighted by atomic mass is 10.0. The number of aliphatic hydroxyl groups excluding tert-OH is 1. The highest BCUT2D eigenvalue weighted by atomic mass is 16.5. The second kappa shape index (κ2) is 9.19. The van der Waals surface area contributed by atoms with Crippen LogP contribution in [0.4, 0.5) is 0 Å². The minimum absolute atomic E-state index is 0.138. The number of hydrogen-bond acceptors (Lipinski definition) is 7. The Kier molecular flexibility index (Phi) is 7.60. The first kappa shape index (κ1) is 19.9. The number of esters is 1. The number of aliphatic hydroxyl groups is 1. The number of ether oxygens (including phenoxy) is 1. The van der Waals surface area contributed by atoms with Crippen LogP contribution in [0.2, 0.25) is 0 Å². The molecule has 0 aliphatic rings. The summed E-state index contributed by atoms with van der Waals surface area (Å²) in [7, 11) is 3.66. The minimum Gasteiger partial charge on any atom is -0.506 e. The molecule has 1 heterocycles. The molecular weight excluding hydrogens is 316 g/mol. The quantitative estimate of drug-likeness (QED) is 0.561. The van der Waals surface area contributed by atoms with Gasteiger partial charge in [0.2, 0.25) is 0 Å². The summed E-state index contributed by atoms with van der Waals surface area (Å²) in [6.07, 6.45) is 1.47. The maximum atomic E-state index is 12.2. The van der Waals surface area contributed by atoms with E-state index >= 15 is 0 Å². The number of nitrogens with zero attached hydrogens (tertiary/aromatic N) is 2. The third-order valence-electron chi connectivity index (χ3n) is 3.64. The Morgan fingerprint density at radius 3 is 2.58 bits per heavy atom. The summed E-state index contributed by atoms with van der Waals surface area (Å²) in [5, 5.41) is 28.2. The number of carbonyl (C=O) groups is 2. The van der Waals surface area contributed by atoms with E-state index in [2.05, 4.69) is 4.98 Å². The Hall–Kier alpha value is -2.19. The van der Waals surface area contributed by atoms with Gasteiger partial charge in [-0.1, -0.05) is 0 Å². The number of aromatic hydroxyl groups is 1. The zero-order valence-corrected chi connectivity index (χ0v) is 14.2. The molecule has 0 aliphatic carbocycles. The number of carboxylic acids is 1. The Bertz CT molecular complexity index is 588. The first-order valence-electron chi connectivity index (χ1n) is 7.56. The monoisotopic (exact) mass is 340 g/mol. The molecule has 1 aromatic heterocycles. The van der Waals surface area contributed by atoms with Crippen molar-refractivity contribution < 1.29 is 29.6 Å². The Morgan fingerprint density at radius 2 is 2.04 bits per heavy atom. The van der Waals surface area contributed by atoms with Crippen molar-refractivity contribution >= 4 is 11.9 Å². The molecule has 0 saturated heterocycles. The molecule has 0 aromatic carbocycles. The van der Waals surface area contributed by atoms with Crippen molar-refractivity contribution in [1.29, 1.82) is 0 Å². The van der Waals surface area contributed by atoms with Crippen LogP contribution in [0.1, 0.15) is 29.7 Å². The van der Waals surface area contributed by atoms with Crippen LogP contribution in [0, 0.1) is 12.8 Å². The van der Waals surface area contributed by atoms with Crippen LogP contribution in [0.25, 0.3) is 0 Å². The molecular formula is C16H24N2O6. The maximum absolute atomic E-state index is 12.2. The molecule has 3 N–H and O–H groups in total. The van der Waals surface area contributed by atoms with Crippen molar-refractivity contribution in [3.8, 4) is 5.75 Å². The second-order valence-corrected chi connectivity index (χ2v) is 5.85. The summed E-state index contributed by atoms with van der Waals surface area (Å²) < 4.78 is 5.18. The van der Waals surface area contributed by atoms with Crippen molar-refractivity contribution in [2.45, 2.75) is 33.0 Å². The van der Waals surface area contributed by atoms with E-state index in [9.17, 15) is 19.8 Å². The Balaban J connectivity index is 2.77. The third-order valence-corrected chi connectivity index (χ3v) is 3.64. The number of aromatic nitrogens is 1. The largest absolute Gasteiger partial charge is 0.506 e. The average molecular weight is 340 g/mol. The molecule has 1 atom stereocenters. The SMILES string of the molecule is Cc1ncc(COC(=O)C(CCN(C)C)CC(=O)O)c(CO)c1O. The van der Waals surface area contributed by atoms with Crippen molar-refractivity contribution in [3.05, 3.63) is 23.0 Å². The van der Waals surface area contributed by atoms with Crippen LogP contribution < -0.4 is 0 Å². The fourth-order valence-corrected chi connectivity index (χ4v) is 2.18. The zero-order valence-electron chi connectivity index (χ0n) is 14.2. The smallest absolute Gasteiger partial charge is 0.309 e. The summed E-state index contributed by atoms with van der Waals surface area (Å²) in [5.41, 5.74) is 0.998. The third kappa shape index (κ3) is 5.78. The number of aryl methyl sites for hydroxylation is 1. The van der Waals surface area contributed by atoms with Gasteiger partial charge in [0.05, 0.1) is 24.6 Å². The topological polar surface area (TPSA) is 120 Å². The molecule has 0 saturated carbocycles. The van der Waals surface area contributed by atoms with Crippen molar-refractivity contribution in [2.24, 2.45) is 5.92 Å². The van der Waals surface area contributed by atoms with Gasteiger partial charge in [0.25, 0.3) is 0 Å². The summed E-state index contributed by atoms with van der Waals surface area (Å²) in [5.74, 6) is -2.58. The van der Waals surface area contributed by atoms with Gasteiger partial charge in [-0.15, -0.1) is 0 Å².